The van der Waals surface area contributed by atoms with E-state index in [1.165, 1.54) is 38.8 Å². The second kappa shape index (κ2) is 1.41. The normalized spacial score (nSPS) is 32.8. The highest BCUT2D eigenvalue weighted by Crippen LogP contribution is 2.60. The lowest BCUT2D eigenvalue weighted by molar-refractivity contribution is 0.425. The maximum Gasteiger partial charge on any atom is 0.0210 e. The zero-order valence-electron chi connectivity index (χ0n) is 6.27. The summed E-state index contributed by atoms with van der Waals surface area (Å²) in [4.78, 5) is 2.59. The summed E-state index contributed by atoms with van der Waals surface area (Å²) in [5.74, 6) is 0. The highest BCUT2D eigenvalue weighted by atomic mass is 15.2. The Balaban J connectivity index is 2.02. The van der Waals surface area contributed by atoms with Crippen LogP contribution in [0, 0.1) is 5.41 Å². The van der Waals surface area contributed by atoms with Gasteiger partial charge in [0, 0.05) is 24.2 Å². The molecule has 2 heterocycles. The molecule has 10 heavy (non-hydrogen) atoms. The van der Waals surface area contributed by atoms with Gasteiger partial charge in [0.05, 0.1) is 0 Å². The summed E-state index contributed by atoms with van der Waals surface area (Å²) < 4.78 is 0. The Bertz CT molecular complexity index is 201. The van der Waals surface area contributed by atoms with Crippen LogP contribution in [0.5, 0.6) is 0 Å². The molecule has 2 fully saturated rings. The summed E-state index contributed by atoms with van der Waals surface area (Å²) in [6.45, 7) is 2.67. The minimum Gasteiger partial charge on any atom is -0.374 e. The monoisotopic (exact) mass is 135 g/mol. The van der Waals surface area contributed by atoms with Crippen molar-refractivity contribution in [2.45, 2.75) is 25.7 Å². The Morgan fingerprint density at radius 3 is 2.90 bits per heavy atom. The molecule has 3 aliphatic rings. The van der Waals surface area contributed by atoms with Crippen LogP contribution in [0.15, 0.2) is 11.8 Å². The van der Waals surface area contributed by atoms with Crippen LogP contribution in [-0.4, -0.2) is 18.0 Å². The fraction of sp³-hybridized carbons (Fsp3) is 0.778. The molecule has 3 rings (SSSR count). The molecule has 0 aromatic carbocycles. The van der Waals surface area contributed by atoms with Crippen molar-refractivity contribution >= 4 is 0 Å². The van der Waals surface area contributed by atoms with Gasteiger partial charge in [-0.05, 0) is 25.7 Å². The van der Waals surface area contributed by atoms with E-state index in [9.17, 15) is 0 Å². The van der Waals surface area contributed by atoms with E-state index in [-0.39, 0.29) is 0 Å². The molecule has 0 radical (unpaired) electrons. The topological polar surface area (TPSA) is 3.24 Å². The van der Waals surface area contributed by atoms with E-state index in [0.717, 1.165) is 5.41 Å². The maximum absolute atomic E-state index is 2.59. The average Bonchev–Trinajstić information content (AvgIpc) is 2.40. The van der Waals surface area contributed by atoms with E-state index < -0.39 is 0 Å². The summed E-state index contributed by atoms with van der Waals surface area (Å²) in [5.41, 5.74) is 2.45. The standard InChI is InChI=1S/C9H13N/c1-2-8-9(3-4-9)5-7-10(8)6-1/h2H,1,3-7H2. The molecule has 1 saturated heterocycles. The molecule has 0 unspecified atom stereocenters. The SMILES string of the molecule is C1=C2N(CC1)CCC21CC1. The third-order valence-electron chi connectivity index (χ3n) is 3.33. The van der Waals surface area contributed by atoms with Gasteiger partial charge in [-0.1, -0.05) is 6.08 Å². The zero-order chi connectivity index (χ0) is 6.60. The van der Waals surface area contributed by atoms with Gasteiger partial charge in [-0.3, -0.25) is 0 Å². The second-order valence-corrected chi connectivity index (χ2v) is 3.90. The Labute approximate surface area is 61.7 Å². The predicted molar refractivity (Wildman–Crippen MR) is 40.6 cm³/mol. The number of allylic oxidation sites excluding steroid dienone is 1. The van der Waals surface area contributed by atoms with Crippen molar-refractivity contribution in [1.82, 2.24) is 4.90 Å². The van der Waals surface area contributed by atoms with Crippen LogP contribution in [0.25, 0.3) is 0 Å². The van der Waals surface area contributed by atoms with Gasteiger partial charge in [0.1, 0.15) is 0 Å². The number of fused-ring (bicyclic) bond motifs is 2. The van der Waals surface area contributed by atoms with Crippen LogP contribution >= 0.6 is 0 Å². The Morgan fingerprint density at radius 1 is 1.20 bits per heavy atom. The van der Waals surface area contributed by atoms with Gasteiger partial charge < -0.3 is 4.90 Å². The van der Waals surface area contributed by atoms with Crippen molar-refractivity contribution in [2.75, 3.05) is 13.1 Å². The fourth-order valence-electron chi connectivity index (χ4n) is 2.52. The Morgan fingerprint density at radius 2 is 2.10 bits per heavy atom. The van der Waals surface area contributed by atoms with Crippen LogP contribution in [0.1, 0.15) is 25.7 Å². The number of hydrogen-bond donors (Lipinski definition) is 0. The minimum atomic E-state index is 0.733. The number of hydrogen-bond acceptors (Lipinski definition) is 1. The molecule has 0 aromatic heterocycles. The molecule has 0 bridgehead atoms. The summed E-state index contributed by atoms with van der Waals surface area (Å²) in [6.07, 6.45) is 8.21. The quantitative estimate of drug-likeness (QED) is 0.489. The summed E-state index contributed by atoms with van der Waals surface area (Å²) in [6, 6.07) is 0. The van der Waals surface area contributed by atoms with E-state index in [1.54, 1.807) is 5.70 Å². The van der Waals surface area contributed by atoms with Crippen LogP contribution in [0.3, 0.4) is 0 Å². The van der Waals surface area contributed by atoms with Crippen molar-refractivity contribution in [3.63, 3.8) is 0 Å². The third kappa shape index (κ3) is 0.458. The highest BCUT2D eigenvalue weighted by molar-refractivity contribution is 5.28. The van der Waals surface area contributed by atoms with Crippen molar-refractivity contribution in [3.8, 4) is 0 Å². The first-order chi connectivity index (χ1) is 4.91. The van der Waals surface area contributed by atoms with Gasteiger partial charge >= 0.3 is 0 Å². The largest absolute Gasteiger partial charge is 0.374 e. The fourth-order valence-corrected chi connectivity index (χ4v) is 2.52. The van der Waals surface area contributed by atoms with E-state index in [2.05, 4.69) is 11.0 Å². The smallest absolute Gasteiger partial charge is 0.0210 e. The van der Waals surface area contributed by atoms with Gasteiger partial charge in [0.25, 0.3) is 0 Å². The second-order valence-electron chi connectivity index (χ2n) is 3.90. The molecule has 0 aromatic rings. The van der Waals surface area contributed by atoms with E-state index in [4.69, 9.17) is 0 Å². The molecule has 2 aliphatic heterocycles. The van der Waals surface area contributed by atoms with Crippen molar-refractivity contribution in [1.29, 1.82) is 0 Å². The molecule has 0 amide bonds. The lowest BCUT2D eigenvalue weighted by Gasteiger charge is -2.14. The maximum atomic E-state index is 2.59. The minimum absolute atomic E-state index is 0.733. The molecular weight excluding hydrogens is 122 g/mol. The predicted octanol–water partition coefficient (Wildman–Crippen LogP) is 1.76. The van der Waals surface area contributed by atoms with Gasteiger partial charge in [-0.25, -0.2) is 0 Å². The first-order valence-corrected chi connectivity index (χ1v) is 4.36. The zero-order valence-corrected chi connectivity index (χ0v) is 6.27. The highest BCUT2D eigenvalue weighted by Gasteiger charge is 2.52. The Hall–Kier alpha value is -0.460. The lowest BCUT2D eigenvalue weighted by atomic mass is 10.0. The van der Waals surface area contributed by atoms with Crippen LogP contribution in [0.4, 0.5) is 0 Å². The van der Waals surface area contributed by atoms with Gasteiger partial charge in [-0.15, -0.1) is 0 Å². The number of rotatable bonds is 0. The summed E-state index contributed by atoms with van der Waals surface area (Å²) in [5, 5.41) is 0. The first kappa shape index (κ1) is 5.22. The molecule has 1 spiro atoms. The van der Waals surface area contributed by atoms with Crippen molar-refractivity contribution in [2.24, 2.45) is 5.41 Å². The van der Waals surface area contributed by atoms with Gasteiger partial charge in [0.15, 0.2) is 0 Å². The molecule has 1 saturated carbocycles. The lowest BCUT2D eigenvalue weighted by Crippen LogP contribution is -2.14. The Kier molecular flexibility index (Phi) is 0.738. The average molecular weight is 135 g/mol. The molecule has 0 N–H and O–H groups in total. The van der Waals surface area contributed by atoms with Crippen molar-refractivity contribution in [3.05, 3.63) is 11.8 Å². The number of nitrogens with zero attached hydrogens (tertiary/aromatic N) is 1. The van der Waals surface area contributed by atoms with E-state index in [1.807, 2.05) is 0 Å². The van der Waals surface area contributed by atoms with Crippen LogP contribution < -0.4 is 0 Å². The van der Waals surface area contributed by atoms with E-state index in [0.29, 0.717) is 0 Å². The third-order valence-corrected chi connectivity index (χ3v) is 3.33. The molecule has 0 atom stereocenters. The molecule has 1 aliphatic carbocycles. The van der Waals surface area contributed by atoms with Crippen LogP contribution in [-0.2, 0) is 0 Å². The molecular formula is C9H13N. The summed E-state index contributed by atoms with van der Waals surface area (Å²) in [7, 11) is 0. The van der Waals surface area contributed by atoms with Gasteiger partial charge in [0.2, 0.25) is 0 Å². The molecule has 1 heteroatoms. The van der Waals surface area contributed by atoms with Crippen LogP contribution in [0.2, 0.25) is 0 Å². The van der Waals surface area contributed by atoms with E-state index >= 15 is 0 Å². The molecule has 1 nitrogen and oxygen atoms in total. The van der Waals surface area contributed by atoms with Crippen molar-refractivity contribution < 1.29 is 0 Å². The summed E-state index contributed by atoms with van der Waals surface area (Å²) >= 11 is 0. The van der Waals surface area contributed by atoms with Gasteiger partial charge in [-0.2, -0.15) is 0 Å². The first-order valence-electron chi connectivity index (χ1n) is 4.36. The molecule has 54 valence electrons.